The Morgan fingerprint density at radius 1 is 1.50 bits per heavy atom. The zero-order valence-electron chi connectivity index (χ0n) is 12.3. The van der Waals surface area contributed by atoms with Crippen LogP contribution in [0.5, 0.6) is 0 Å². The second-order valence-electron chi connectivity index (χ2n) is 5.28. The van der Waals surface area contributed by atoms with Gasteiger partial charge in [0.15, 0.2) is 5.82 Å². The van der Waals surface area contributed by atoms with Crippen molar-refractivity contribution in [2.45, 2.75) is 6.42 Å². The van der Waals surface area contributed by atoms with Gasteiger partial charge < -0.3 is 10.1 Å². The fraction of sp³-hybridized carbons (Fsp3) is 0.400. The standard InChI is InChI=1S/C15H18N4O3/c1-22-7-6-16-15(21)10-8-13(20)19(9-10)14-11-4-2-3-5-12(11)17-18-14/h2-5,10H,6-9H2,1H3,(H,16,21)(H,17,18)/t10-/m1/s1. The third-order valence-electron chi connectivity index (χ3n) is 3.81. The van der Waals surface area contributed by atoms with Crippen molar-refractivity contribution in [2.75, 3.05) is 31.7 Å². The number of carbonyl (C=O) groups excluding carboxylic acids is 2. The number of aromatic amines is 1. The highest BCUT2D eigenvalue weighted by Gasteiger charge is 2.36. The van der Waals surface area contributed by atoms with Gasteiger partial charge in [-0.3, -0.25) is 19.6 Å². The molecule has 2 heterocycles. The van der Waals surface area contributed by atoms with E-state index < -0.39 is 0 Å². The summed E-state index contributed by atoms with van der Waals surface area (Å²) >= 11 is 0. The molecule has 7 heteroatoms. The maximum Gasteiger partial charge on any atom is 0.229 e. The van der Waals surface area contributed by atoms with Crippen LogP contribution in [-0.2, 0) is 14.3 Å². The number of rotatable bonds is 5. The number of benzene rings is 1. The van der Waals surface area contributed by atoms with Crippen LogP contribution in [-0.4, -0.2) is 48.8 Å². The van der Waals surface area contributed by atoms with Crippen LogP contribution < -0.4 is 10.2 Å². The van der Waals surface area contributed by atoms with Gasteiger partial charge in [0.05, 0.1) is 18.0 Å². The van der Waals surface area contributed by atoms with E-state index in [9.17, 15) is 9.59 Å². The topological polar surface area (TPSA) is 87.3 Å². The number of nitrogens with one attached hydrogen (secondary N) is 2. The van der Waals surface area contributed by atoms with Crippen molar-refractivity contribution in [1.82, 2.24) is 15.5 Å². The summed E-state index contributed by atoms with van der Waals surface area (Å²) < 4.78 is 4.90. The fourth-order valence-electron chi connectivity index (χ4n) is 2.66. The summed E-state index contributed by atoms with van der Waals surface area (Å²) in [7, 11) is 1.58. The molecule has 1 aliphatic heterocycles. The maximum atomic E-state index is 12.2. The van der Waals surface area contributed by atoms with E-state index in [1.165, 1.54) is 0 Å². The van der Waals surface area contributed by atoms with Crippen LogP contribution in [0.3, 0.4) is 0 Å². The number of H-pyrrole nitrogens is 1. The molecule has 116 valence electrons. The molecule has 0 saturated carbocycles. The number of methoxy groups -OCH3 is 1. The van der Waals surface area contributed by atoms with Crippen molar-refractivity contribution in [2.24, 2.45) is 5.92 Å². The lowest BCUT2D eigenvalue weighted by Gasteiger charge is -2.14. The highest BCUT2D eigenvalue weighted by molar-refractivity contribution is 6.05. The van der Waals surface area contributed by atoms with Gasteiger partial charge in [0.2, 0.25) is 11.8 Å². The Balaban J connectivity index is 1.73. The predicted octanol–water partition coefficient (Wildman–Crippen LogP) is 0.678. The lowest BCUT2D eigenvalue weighted by molar-refractivity contribution is -0.126. The zero-order valence-corrected chi connectivity index (χ0v) is 12.3. The van der Waals surface area contributed by atoms with Gasteiger partial charge in [-0.1, -0.05) is 12.1 Å². The third-order valence-corrected chi connectivity index (χ3v) is 3.81. The largest absolute Gasteiger partial charge is 0.383 e. The highest BCUT2D eigenvalue weighted by Crippen LogP contribution is 2.29. The summed E-state index contributed by atoms with van der Waals surface area (Å²) in [6.07, 6.45) is 0.208. The van der Waals surface area contributed by atoms with E-state index in [0.29, 0.717) is 25.5 Å². The van der Waals surface area contributed by atoms with Crippen molar-refractivity contribution < 1.29 is 14.3 Å². The number of carbonyl (C=O) groups is 2. The van der Waals surface area contributed by atoms with Crippen LogP contribution in [0.4, 0.5) is 5.82 Å². The highest BCUT2D eigenvalue weighted by atomic mass is 16.5. The molecule has 2 amide bonds. The quantitative estimate of drug-likeness (QED) is 0.795. The molecule has 0 aliphatic carbocycles. The fourth-order valence-corrected chi connectivity index (χ4v) is 2.66. The number of nitrogens with zero attached hydrogens (tertiary/aromatic N) is 2. The van der Waals surface area contributed by atoms with E-state index in [1.54, 1.807) is 12.0 Å². The Hall–Kier alpha value is -2.41. The van der Waals surface area contributed by atoms with Gasteiger partial charge in [-0.15, -0.1) is 0 Å². The van der Waals surface area contributed by atoms with Gasteiger partial charge in [-0.2, -0.15) is 5.10 Å². The minimum Gasteiger partial charge on any atom is -0.383 e. The Labute approximate surface area is 127 Å². The Bertz CT molecular complexity index is 697. The molecule has 1 aromatic heterocycles. The lowest BCUT2D eigenvalue weighted by atomic mass is 10.1. The molecule has 1 aromatic carbocycles. The van der Waals surface area contributed by atoms with Crippen molar-refractivity contribution in [1.29, 1.82) is 0 Å². The first-order valence-corrected chi connectivity index (χ1v) is 7.21. The molecule has 0 radical (unpaired) electrons. The second kappa shape index (κ2) is 6.15. The first kappa shape index (κ1) is 14.5. The molecule has 0 unspecified atom stereocenters. The number of anilines is 1. The van der Waals surface area contributed by atoms with E-state index in [1.807, 2.05) is 24.3 Å². The normalized spacial score (nSPS) is 18.1. The molecular formula is C15H18N4O3. The molecule has 7 nitrogen and oxygen atoms in total. The molecule has 0 spiro atoms. The number of hydrogen-bond donors (Lipinski definition) is 2. The maximum absolute atomic E-state index is 12.2. The van der Waals surface area contributed by atoms with Crippen LogP contribution in [0.1, 0.15) is 6.42 Å². The third kappa shape index (κ3) is 2.67. The summed E-state index contributed by atoms with van der Waals surface area (Å²) in [5.41, 5.74) is 0.873. The molecule has 1 aliphatic rings. The van der Waals surface area contributed by atoms with E-state index in [-0.39, 0.29) is 24.2 Å². The van der Waals surface area contributed by atoms with Crippen LogP contribution in [0, 0.1) is 5.92 Å². The van der Waals surface area contributed by atoms with Crippen LogP contribution in [0.25, 0.3) is 10.9 Å². The molecule has 1 atom stereocenters. The van der Waals surface area contributed by atoms with Gasteiger partial charge in [0.25, 0.3) is 0 Å². The van der Waals surface area contributed by atoms with Crippen LogP contribution in [0.15, 0.2) is 24.3 Å². The summed E-state index contributed by atoms with van der Waals surface area (Å²) in [6, 6.07) is 7.62. The molecule has 2 aromatic rings. The number of aromatic nitrogens is 2. The molecule has 1 fully saturated rings. The SMILES string of the molecule is COCCNC(=O)[C@@H]1CC(=O)N(c2n[nH]c3ccccc23)C1. The minimum absolute atomic E-state index is 0.0795. The average molecular weight is 302 g/mol. The van der Waals surface area contributed by atoms with Gasteiger partial charge in [-0.25, -0.2) is 0 Å². The molecule has 0 bridgehead atoms. The number of hydrogen-bond acceptors (Lipinski definition) is 4. The molecule has 3 rings (SSSR count). The average Bonchev–Trinajstić information content (AvgIpc) is 3.10. The Morgan fingerprint density at radius 3 is 3.14 bits per heavy atom. The molecule has 1 saturated heterocycles. The number of para-hydroxylation sites is 1. The Morgan fingerprint density at radius 2 is 2.32 bits per heavy atom. The van der Waals surface area contributed by atoms with Crippen molar-refractivity contribution >= 4 is 28.5 Å². The monoisotopic (exact) mass is 302 g/mol. The predicted molar refractivity (Wildman–Crippen MR) is 81.4 cm³/mol. The van der Waals surface area contributed by atoms with E-state index in [4.69, 9.17) is 4.74 Å². The summed E-state index contributed by atoms with van der Waals surface area (Å²) in [4.78, 5) is 25.9. The molecular weight excluding hydrogens is 284 g/mol. The smallest absolute Gasteiger partial charge is 0.229 e. The summed E-state index contributed by atoms with van der Waals surface area (Å²) in [6.45, 7) is 1.26. The van der Waals surface area contributed by atoms with E-state index in [2.05, 4.69) is 15.5 Å². The van der Waals surface area contributed by atoms with Crippen LogP contribution >= 0.6 is 0 Å². The minimum atomic E-state index is -0.347. The van der Waals surface area contributed by atoms with E-state index in [0.717, 1.165) is 10.9 Å². The number of amides is 2. The van der Waals surface area contributed by atoms with E-state index >= 15 is 0 Å². The Kier molecular flexibility index (Phi) is 4.06. The van der Waals surface area contributed by atoms with Gasteiger partial charge in [0.1, 0.15) is 0 Å². The van der Waals surface area contributed by atoms with Gasteiger partial charge in [0, 0.05) is 32.0 Å². The van der Waals surface area contributed by atoms with Gasteiger partial charge in [-0.05, 0) is 12.1 Å². The zero-order chi connectivity index (χ0) is 15.5. The summed E-state index contributed by atoms with van der Waals surface area (Å²) in [5.74, 6) is 0.0458. The number of fused-ring (bicyclic) bond motifs is 1. The lowest BCUT2D eigenvalue weighted by Crippen LogP contribution is -2.34. The molecule has 2 N–H and O–H groups in total. The summed E-state index contributed by atoms with van der Waals surface area (Å²) in [5, 5.41) is 10.8. The van der Waals surface area contributed by atoms with Crippen molar-refractivity contribution in [3.63, 3.8) is 0 Å². The first-order valence-electron chi connectivity index (χ1n) is 7.21. The van der Waals surface area contributed by atoms with Crippen LogP contribution in [0.2, 0.25) is 0 Å². The van der Waals surface area contributed by atoms with Gasteiger partial charge >= 0.3 is 0 Å². The number of ether oxygens (including phenoxy) is 1. The first-order chi connectivity index (χ1) is 10.7. The second-order valence-corrected chi connectivity index (χ2v) is 5.28. The molecule has 22 heavy (non-hydrogen) atoms. The van der Waals surface area contributed by atoms with Crippen molar-refractivity contribution in [3.05, 3.63) is 24.3 Å². The van der Waals surface area contributed by atoms with Crippen molar-refractivity contribution in [3.8, 4) is 0 Å².